The van der Waals surface area contributed by atoms with Crippen molar-refractivity contribution in [3.8, 4) is 0 Å². The van der Waals surface area contributed by atoms with Crippen LogP contribution in [0.1, 0.15) is 61.5 Å². The molecular formula is C15H21NO. The summed E-state index contributed by atoms with van der Waals surface area (Å²) in [4.78, 5) is 11.8. The van der Waals surface area contributed by atoms with E-state index in [1.165, 1.54) is 31.4 Å². The maximum absolute atomic E-state index is 11.8. The predicted octanol–water partition coefficient (Wildman–Crippen LogP) is 3.59. The van der Waals surface area contributed by atoms with Gasteiger partial charge in [-0.1, -0.05) is 13.3 Å². The molecule has 1 heterocycles. The Kier molecular flexibility index (Phi) is 2.61. The van der Waals surface area contributed by atoms with Crippen molar-refractivity contribution in [3.05, 3.63) is 23.5 Å². The van der Waals surface area contributed by atoms with E-state index in [2.05, 4.69) is 17.7 Å². The summed E-state index contributed by atoms with van der Waals surface area (Å²) in [6.45, 7) is 3.44. The van der Waals surface area contributed by atoms with Gasteiger partial charge in [-0.3, -0.25) is 4.79 Å². The molecule has 0 radical (unpaired) electrons. The average molecular weight is 231 g/mol. The van der Waals surface area contributed by atoms with Crippen LogP contribution >= 0.6 is 0 Å². The van der Waals surface area contributed by atoms with Gasteiger partial charge in [0.05, 0.1) is 0 Å². The van der Waals surface area contributed by atoms with Gasteiger partial charge in [-0.2, -0.15) is 0 Å². The highest BCUT2D eigenvalue weighted by atomic mass is 16.1. The smallest absolute Gasteiger partial charge is 0.164 e. The first kappa shape index (κ1) is 11.1. The number of aromatic nitrogens is 1. The van der Waals surface area contributed by atoms with Crippen molar-refractivity contribution in [2.24, 2.45) is 5.41 Å². The van der Waals surface area contributed by atoms with Crippen LogP contribution in [0.3, 0.4) is 0 Å². The Labute approximate surface area is 103 Å². The van der Waals surface area contributed by atoms with Crippen molar-refractivity contribution in [2.75, 3.05) is 0 Å². The third-order valence-corrected chi connectivity index (χ3v) is 4.87. The number of Topliss-reactive ketones (excluding diaryl/α,β-unsaturated/α-hetero) is 1. The third-order valence-electron chi connectivity index (χ3n) is 4.87. The van der Waals surface area contributed by atoms with Gasteiger partial charge in [-0.25, -0.2) is 0 Å². The molecule has 2 nitrogen and oxygen atoms in total. The topological polar surface area (TPSA) is 22.0 Å². The number of ketones is 1. The fourth-order valence-electron chi connectivity index (χ4n) is 3.40. The second-order valence-electron chi connectivity index (χ2n) is 5.79. The number of nitrogens with zero attached hydrogens (tertiary/aromatic N) is 1. The van der Waals surface area contributed by atoms with Crippen LogP contribution in [0.15, 0.2) is 12.3 Å². The first-order valence-electron chi connectivity index (χ1n) is 6.95. The molecule has 2 aliphatic rings. The minimum Gasteiger partial charge on any atom is -0.350 e. The molecule has 0 atom stereocenters. The third kappa shape index (κ3) is 1.74. The summed E-state index contributed by atoms with van der Waals surface area (Å²) >= 11 is 0. The normalized spacial score (nSPS) is 22.1. The summed E-state index contributed by atoms with van der Waals surface area (Å²) < 4.78 is 2.37. The number of carbonyl (C=O) groups is 1. The van der Waals surface area contributed by atoms with E-state index in [1.54, 1.807) is 0 Å². The zero-order chi connectivity index (χ0) is 11.9. The summed E-state index contributed by atoms with van der Waals surface area (Å²) in [6.07, 6.45) is 10.4. The fraction of sp³-hybridized carbons (Fsp3) is 0.667. The van der Waals surface area contributed by atoms with Gasteiger partial charge in [-0.15, -0.1) is 0 Å². The Morgan fingerprint density at radius 2 is 2.12 bits per heavy atom. The lowest BCUT2D eigenvalue weighted by molar-refractivity contribution is 0.0947. The number of carbonyl (C=O) groups excluding carboxylic acids is 1. The van der Waals surface area contributed by atoms with Gasteiger partial charge in [0.2, 0.25) is 0 Å². The Bertz CT molecular complexity index is 434. The molecule has 0 N–H and O–H groups in total. The van der Waals surface area contributed by atoms with E-state index < -0.39 is 0 Å². The van der Waals surface area contributed by atoms with Crippen LogP contribution in [0.4, 0.5) is 0 Å². The molecule has 0 spiro atoms. The zero-order valence-electron chi connectivity index (χ0n) is 10.7. The van der Waals surface area contributed by atoms with Crippen molar-refractivity contribution >= 4 is 5.78 Å². The monoisotopic (exact) mass is 231 g/mol. The van der Waals surface area contributed by atoms with E-state index in [0.29, 0.717) is 11.2 Å². The van der Waals surface area contributed by atoms with Crippen LogP contribution in [0, 0.1) is 5.41 Å². The van der Waals surface area contributed by atoms with E-state index in [0.717, 1.165) is 31.4 Å². The fourth-order valence-corrected chi connectivity index (χ4v) is 3.40. The predicted molar refractivity (Wildman–Crippen MR) is 68.3 cm³/mol. The quantitative estimate of drug-likeness (QED) is 0.779. The molecule has 1 aromatic heterocycles. The summed E-state index contributed by atoms with van der Waals surface area (Å²) in [5.41, 5.74) is 2.84. The maximum Gasteiger partial charge on any atom is 0.164 e. The van der Waals surface area contributed by atoms with Crippen LogP contribution < -0.4 is 0 Å². The lowest BCUT2D eigenvalue weighted by Gasteiger charge is -2.42. The van der Waals surface area contributed by atoms with Gasteiger partial charge in [0.15, 0.2) is 5.78 Å². The Morgan fingerprint density at radius 3 is 2.76 bits per heavy atom. The molecule has 1 fully saturated rings. The second kappa shape index (κ2) is 4.01. The second-order valence-corrected chi connectivity index (χ2v) is 5.79. The first-order valence-corrected chi connectivity index (χ1v) is 6.95. The number of fused-ring (bicyclic) bond motifs is 1. The molecular weight excluding hydrogens is 210 g/mol. The minimum atomic E-state index is 0.351. The Hall–Kier alpha value is -1.05. The van der Waals surface area contributed by atoms with Crippen molar-refractivity contribution in [1.29, 1.82) is 0 Å². The summed E-state index contributed by atoms with van der Waals surface area (Å²) in [5.74, 6) is 0.351. The van der Waals surface area contributed by atoms with E-state index in [9.17, 15) is 4.79 Å². The number of rotatable bonds is 3. The molecule has 0 unspecified atom stereocenters. The zero-order valence-corrected chi connectivity index (χ0v) is 10.7. The molecule has 3 rings (SSSR count). The molecule has 2 heteroatoms. The summed E-state index contributed by atoms with van der Waals surface area (Å²) in [5, 5.41) is 0. The Balaban J connectivity index is 1.87. The van der Waals surface area contributed by atoms with E-state index in [4.69, 9.17) is 0 Å². The first-order chi connectivity index (χ1) is 8.24. The highest BCUT2D eigenvalue weighted by molar-refractivity contribution is 5.98. The number of hydrogen-bond donors (Lipinski definition) is 0. The largest absolute Gasteiger partial charge is 0.350 e. The SMILES string of the molecule is CCC1(Cn2ccc3c2CCCC3=O)CCC1. The molecule has 17 heavy (non-hydrogen) atoms. The van der Waals surface area contributed by atoms with Gasteiger partial charge in [0.25, 0.3) is 0 Å². The lowest BCUT2D eigenvalue weighted by Crippen LogP contribution is -2.34. The van der Waals surface area contributed by atoms with Crippen molar-refractivity contribution < 1.29 is 4.79 Å². The molecule has 0 saturated heterocycles. The van der Waals surface area contributed by atoms with Crippen LogP contribution in [0.25, 0.3) is 0 Å². The standard InChI is InChI=1S/C15H21NO/c1-2-15(8-4-9-15)11-16-10-7-12-13(16)5-3-6-14(12)17/h7,10H,2-6,8-9,11H2,1H3. The molecule has 1 aromatic rings. The summed E-state index contributed by atoms with van der Waals surface area (Å²) in [6, 6.07) is 2.04. The molecule has 0 amide bonds. The summed E-state index contributed by atoms with van der Waals surface area (Å²) in [7, 11) is 0. The molecule has 0 bridgehead atoms. The molecule has 1 saturated carbocycles. The van der Waals surface area contributed by atoms with E-state index in [-0.39, 0.29) is 0 Å². The van der Waals surface area contributed by atoms with Gasteiger partial charge in [-0.05, 0) is 43.6 Å². The van der Waals surface area contributed by atoms with Gasteiger partial charge in [0, 0.05) is 30.4 Å². The molecule has 92 valence electrons. The van der Waals surface area contributed by atoms with Crippen LogP contribution in [0.2, 0.25) is 0 Å². The van der Waals surface area contributed by atoms with Crippen molar-refractivity contribution in [1.82, 2.24) is 4.57 Å². The molecule has 2 aliphatic carbocycles. The van der Waals surface area contributed by atoms with Gasteiger partial charge >= 0.3 is 0 Å². The highest BCUT2D eigenvalue weighted by Gasteiger charge is 2.36. The van der Waals surface area contributed by atoms with Gasteiger partial charge in [0.1, 0.15) is 0 Å². The van der Waals surface area contributed by atoms with Crippen LogP contribution in [-0.2, 0) is 13.0 Å². The highest BCUT2D eigenvalue weighted by Crippen LogP contribution is 2.45. The van der Waals surface area contributed by atoms with E-state index in [1.807, 2.05) is 6.07 Å². The lowest BCUT2D eigenvalue weighted by atomic mass is 9.67. The van der Waals surface area contributed by atoms with Crippen LogP contribution in [0.5, 0.6) is 0 Å². The van der Waals surface area contributed by atoms with E-state index >= 15 is 0 Å². The number of hydrogen-bond acceptors (Lipinski definition) is 1. The minimum absolute atomic E-state index is 0.351. The molecule has 0 aliphatic heterocycles. The molecule has 0 aromatic carbocycles. The Morgan fingerprint density at radius 1 is 1.29 bits per heavy atom. The van der Waals surface area contributed by atoms with Crippen molar-refractivity contribution in [3.63, 3.8) is 0 Å². The average Bonchev–Trinajstić information content (AvgIpc) is 2.68. The maximum atomic E-state index is 11.8. The van der Waals surface area contributed by atoms with Gasteiger partial charge < -0.3 is 4.57 Å². The van der Waals surface area contributed by atoms with Crippen molar-refractivity contribution in [2.45, 2.75) is 58.4 Å². The van der Waals surface area contributed by atoms with Crippen LogP contribution in [-0.4, -0.2) is 10.4 Å².